The number of hydrogen-bond donors (Lipinski definition) is 0. The van der Waals surface area contributed by atoms with Crippen LogP contribution in [0.1, 0.15) is 48.3 Å². The Morgan fingerprint density at radius 1 is 1.27 bits per heavy atom. The second-order valence-corrected chi connectivity index (χ2v) is 6.17. The summed E-state index contributed by atoms with van der Waals surface area (Å²) in [6, 6.07) is 0. The summed E-state index contributed by atoms with van der Waals surface area (Å²) in [6.45, 7) is 10.6. The topological polar surface area (TPSA) is 46.8 Å². The van der Waals surface area contributed by atoms with Gasteiger partial charge in [0.25, 0.3) is 0 Å². The highest BCUT2D eigenvalue weighted by Crippen LogP contribution is 2.27. The lowest BCUT2D eigenvalue weighted by atomic mass is 9.94. The molecule has 1 saturated heterocycles. The van der Waals surface area contributed by atoms with Crippen LogP contribution in [0.5, 0.6) is 0 Å². The summed E-state index contributed by atoms with van der Waals surface area (Å²) in [7, 11) is 0. The molecular formula is C17H25N5. The lowest BCUT2D eigenvalue weighted by molar-refractivity contribution is 0.197. The van der Waals surface area contributed by atoms with Crippen LogP contribution >= 0.6 is 0 Å². The maximum atomic E-state index is 4.64. The van der Waals surface area contributed by atoms with Gasteiger partial charge in [-0.3, -0.25) is 19.5 Å². The summed E-state index contributed by atoms with van der Waals surface area (Å²) in [5.41, 5.74) is 4.99. The number of rotatable bonds is 4. The van der Waals surface area contributed by atoms with Crippen molar-refractivity contribution in [1.29, 1.82) is 0 Å². The SMILES string of the molecule is CCn1nc(C)c(CN2CCCC(c3cnccn3)C2)c1C. The molecule has 2 aromatic heterocycles. The maximum Gasteiger partial charge on any atom is 0.0641 e. The van der Waals surface area contributed by atoms with Crippen LogP contribution in [0.15, 0.2) is 18.6 Å². The zero-order valence-corrected chi connectivity index (χ0v) is 13.8. The summed E-state index contributed by atoms with van der Waals surface area (Å²) in [5, 5.41) is 4.64. The summed E-state index contributed by atoms with van der Waals surface area (Å²) < 4.78 is 2.11. The Balaban J connectivity index is 1.72. The Morgan fingerprint density at radius 3 is 2.82 bits per heavy atom. The highest BCUT2D eigenvalue weighted by Gasteiger charge is 2.24. The fourth-order valence-electron chi connectivity index (χ4n) is 3.46. The molecule has 1 fully saturated rings. The zero-order valence-electron chi connectivity index (χ0n) is 13.8. The van der Waals surface area contributed by atoms with Gasteiger partial charge in [0.05, 0.1) is 11.4 Å². The number of aryl methyl sites for hydroxylation is 2. The quantitative estimate of drug-likeness (QED) is 0.871. The van der Waals surface area contributed by atoms with Crippen LogP contribution in [-0.2, 0) is 13.1 Å². The molecule has 1 aliphatic rings. The summed E-state index contributed by atoms with van der Waals surface area (Å²) in [5.74, 6) is 0.504. The predicted octanol–water partition coefficient (Wildman–Crippen LogP) is 2.69. The number of likely N-dealkylation sites (tertiary alicyclic amines) is 1. The Hall–Kier alpha value is -1.75. The first kappa shape index (κ1) is 15.2. The molecule has 2 aromatic rings. The molecule has 0 N–H and O–H groups in total. The second kappa shape index (κ2) is 6.57. The van der Waals surface area contributed by atoms with Gasteiger partial charge < -0.3 is 0 Å². The van der Waals surface area contributed by atoms with E-state index in [2.05, 4.69) is 45.4 Å². The van der Waals surface area contributed by atoms with Crippen LogP contribution in [0, 0.1) is 13.8 Å². The lowest BCUT2D eigenvalue weighted by Gasteiger charge is -2.32. The third-order valence-electron chi connectivity index (χ3n) is 4.72. The molecular weight excluding hydrogens is 274 g/mol. The maximum absolute atomic E-state index is 4.64. The highest BCUT2D eigenvalue weighted by molar-refractivity contribution is 5.24. The van der Waals surface area contributed by atoms with E-state index in [0.29, 0.717) is 5.92 Å². The Bertz CT molecular complexity index is 619. The molecule has 0 bridgehead atoms. The van der Waals surface area contributed by atoms with Gasteiger partial charge in [0.2, 0.25) is 0 Å². The van der Waals surface area contributed by atoms with Crippen molar-refractivity contribution in [2.75, 3.05) is 13.1 Å². The Kier molecular flexibility index (Phi) is 4.52. The average molecular weight is 299 g/mol. The van der Waals surface area contributed by atoms with Crippen molar-refractivity contribution in [2.45, 2.75) is 52.6 Å². The molecule has 0 aromatic carbocycles. The Labute approximate surface area is 132 Å². The monoisotopic (exact) mass is 299 g/mol. The van der Waals surface area contributed by atoms with E-state index >= 15 is 0 Å². The van der Waals surface area contributed by atoms with Gasteiger partial charge in [-0.25, -0.2) is 0 Å². The molecule has 5 heteroatoms. The summed E-state index contributed by atoms with van der Waals surface area (Å²) >= 11 is 0. The van der Waals surface area contributed by atoms with Gasteiger partial charge in [-0.2, -0.15) is 5.10 Å². The molecule has 3 heterocycles. The van der Waals surface area contributed by atoms with Crippen LogP contribution in [0.2, 0.25) is 0 Å². The fourth-order valence-corrected chi connectivity index (χ4v) is 3.46. The van der Waals surface area contributed by atoms with E-state index in [1.807, 2.05) is 6.20 Å². The largest absolute Gasteiger partial charge is 0.298 e. The third kappa shape index (κ3) is 3.04. The number of nitrogens with zero attached hydrogens (tertiary/aromatic N) is 5. The second-order valence-electron chi connectivity index (χ2n) is 6.17. The van der Waals surface area contributed by atoms with Crippen LogP contribution in [-0.4, -0.2) is 37.7 Å². The van der Waals surface area contributed by atoms with Crippen LogP contribution in [0.25, 0.3) is 0 Å². The van der Waals surface area contributed by atoms with E-state index in [-0.39, 0.29) is 0 Å². The van der Waals surface area contributed by atoms with Crippen molar-refractivity contribution in [3.8, 4) is 0 Å². The molecule has 3 rings (SSSR count). The van der Waals surface area contributed by atoms with Crippen molar-refractivity contribution < 1.29 is 0 Å². The van der Waals surface area contributed by atoms with Gasteiger partial charge in [-0.1, -0.05) is 0 Å². The first-order valence-electron chi connectivity index (χ1n) is 8.20. The standard InChI is InChI=1S/C17H25N5/c1-4-22-14(3)16(13(2)20-22)12-21-9-5-6-15(11-21)17-10-18-7-8-19-17/h7-8,10,15H,4-6,9,11-12H2,1-3H3. The lowest BCUT2D eigenvalue weighted by Crippen LogP contribution is -2.34. The summed E-state index contributed by atoms with van der Waals surface area (Å²) in [6.07, 6.45) is 7.90. The molecule has 118 valence electrons. The average Bonchev–Trinajstić information content (AvgIpc) is 2.83. The molecule has 5 nitrogen and oxygen atoms in total. The van der Waals surface area contributed by atoms with Gasteiger partial charge in [0.15, 0.2) is 0 Å². The van der Waals surface area contributed by atoms with E-state index in [1.54, 1.807) is 12.4 Å². The first-order valence-corrected chi connectivity index (χ1v) is 8.20. The molecule has 0 saturated carbocycles. The van der Waals surface area contributed by atoms with Crippen LogP contribution in [0.4, 0.5) is 0 Å². The normalized spacial score (nSPS) is 19.5. The minimum absolute atomic E-state index is 0.504. The van der Waals surface area contributed by atoms with Crippen molar-refractivity contribution >= 4 is 0 Å². The molecule has 1 atom stereocenters. The van der Waals surface area contributed by atoms with Crippen LogP contribution < -0.4 is 0 Å². The molecule has 0 amide bonds. The smallest absolute Gasteiger partial charge is 0.0641 e. The minimum Gasteiger partial charge on any atom is -0.298 e. The van der Waals surface area contributed by atoms with Gasteiger partial charge in [0.1, 0.15) is 0 Å². The van der Waals surface area contributed by atoms with Gasteiger partial charge in [-0.05, 0) is 40.2 Å². The number of hydrogen-bond acceptors (Lipinski definition) is 4. The number of aromatic nitrogens is 4. The first-order chi connectivity index (χ1) is 10.7. The predicted molar refractivity (Wildman–Crippen MR) is 86.7 cm³/mol. The molecule has 0 spiro atoms. The van der Waals surface area contributed by atoms with Crippen molar-refractivity contribution in [3.05, 3.63) is 41.2 Å². The molecule has 1 unspecified atom stereocenters. The fraction of sp³-hybridized carbons (Fsp3) is 0.588. The van der Waals surface area contributed by atoms with E-state index < -0.39 is 0 Å². The Morgan fingerprint density at radius 2 is 2.14 bits per heavy atom. The van der Waals surface area contributed by atoms with Crippen molar-refractivity contribution in [3.63, 3.8) is 0 Å². The molecule has 1 aliphatic heterocycles. The number of piperidine rings is 1. The third-order valence-corrected chi connectivity index (χ3v) is 4.72. The zero-order chi connectivity index (χ0) is 15.5. The van der Waals surface area contributed by atoms with Gasteiger partial charge in [0, 0.05) is 55.4 Å². The minimum atomic E-state index is 0.504. The molecule has 22 heavy (non-hydrogen) atoms. The van der Waals surface area contributed by atoms with Crippen molar-refractivity contribution in [2.24, 2.45) is 0 Å². The molecule has 0 aliphatic carbocycles. The van der Waals surface area contributed by atoms with E-state index in [1.165, 1.54) is 29.8 Å². The molecule has 0 radical (unpaired) electrons. The van der Waals surface area contributed by atoms with E-state index in [4.69, 9.17) is 0 Å². The van der Waals surface area contributed by atoms with Crippen molar-refractivity contribution in [1.82, 2.24) is 24.6 Å². The van der Waals surface area contributed by atoms with E-state index in [0.717, 1.165) is 31.9 Å². The highest BCUT2D eigenvalue weighted by atomic mass is 15.3. The van der Waals surface area contributed by atoms with Gasteiger partial charge >= 0.3 is 0 Å². The summed E-state index contributed by atoms with van der Waals surface area (Å²) in [4.78, 5) is 11.2. The van der Waals surface area contributed by atoms with Gasteiger partial charge in [-0.15, -0.1) is 0 Å². The van der Waals surface area contributed by atoms with Crippen LogP contribution in [0.3, 0.4) is 0 Å². The van der Waals surface area contributed by atoms with E-state index in [9.17, 15) is 0 Å².